The van der Waals surface area contributed by atoms with Crippen molar-refractivity contribution >= 4 is 5.91 Å². The molecule has 0 aliphatic carbocycles. The van der Waals surface area contributed by atoms with Crippen molar-refractivity contribution in [1.82, 2.24) is 24.6 Å². The molecule has 2 aromatic heterocycles. The Bertz CT molecular complexity index is 1050. The van der Waals surface area contributed by atoms with Crippen molar-refractivity contribution in [3.8, 4) is 28.7 Å². The lowest BCUT2D eigenvalue weighted by atomic mass is 10.1. The lowest BCUT2D eigenvalue weighted by Crippen LogP contribution is -2.28. The second kappa shape index (κ2) is 7.90. The molecule has 0 fully saturated rings. The van der Waals surface area contributed by atoms with Crippen molar-refractivity contribution in [2.24, 2.45) is 0 Å². The molecule has 1 aromatic carbocycles. The second-order valence-corrected chi connectivity index (χ2v) is 6.95. The van der Waals surface area contributed by atoms with E-state index in [2.05, 4.69) is 22.0 Å². The number of benzene rings is 1. The molecule has 150 valence electrons. The molecule has 8 heteroatoms. The van der Waals surface area contributed by atoms with Crippen LogP contribution < -0.4 is 9.47 Å². The average molecular weight is 393 g/mol. The Morgan fingerprint density at radius 2 is 2.07 bits per heavy atom. The van der Waals surface area contributed by atoms with Crippen LogP contribution in [0.15, 0.2) is 36.7 Å². The number of carbonyl (C=O) groups is 1. The van der Waals surface area contributed by atoms with Crippen LogP contribution in [0.4, 0.5) is 0 Å². The molecule has 0 saturated carbocycles. The smallest absolute Gasteiger partial charge is 0.257 e. The van der Waals surface area contributed by atoms with Crippen molar-refractivity contribution < 1.29 is 14.3 Å². The molecule has 1 aliphatic rings. The van der Waals surface area contributed by atoms with E-state index in [4.69, 9.17) is 9.47 Å². The molecule has 0 atom stereocenters. The summed E-state index contributed by atoms with van der Waals surface area (Å²) < 4.78 is 12.4. The maximum absolute atomic E-state index is 12.7. The number of amides is 1. The van der Waals surface area contributed by atoms with Gasteiger partial charge in [0.2, 0.25) is 6.79 Å². The van der Waals surface area contributed by atoms with Gasteiger partial charge in [-0.15, -0.1) is 0 Å². The zero-order chi connectivity index (χ0) is 20.4. The summed E-state index contributed by atoms with van der Waals surface area (Å²) in [5, 5.41) is 4.36. The molecule has 0 saturated heterocycles. The fourth-order valence-corrected chi connectivity index (χ4v) is 3.19. The minimum atomic E-state index is -0.0471. The van der Waals surface area contributed by atoms with E-state index in [0.717, 1.165) is 36.4 Å². The third-order valence-corrected chi connectivity index (χ3v) is 4.93. The van der Waals surface area contributed by atoms with Crippen molar-refractivity contribution in [2.75, 3.05) is 20.4 Å². The Kier molecular flexibility index (Phi) is 5.16. The van der Waals surface area contributed by atoms with Crippen LogP contribution >= 0.6 is 0 Å². The number of hydrogen-bond acceptors (Lipinski definition) is 6. The van der Waals surface area contributed by atoms with Gasteiger partial charge in [0.1, 0.15) is 0 Å². The van der Waals surface area contributed by atoms with Gasteiger partial charge in [0.25, 0.3) is 11.9 Å². The number of carbonyl (C=O) groups excluding carboxylic acids is 1. The van der Waals surface area contributed by atoms with Crippen LogP contribution in [-0.2, 0) is 0 Å². The van der Waals surface area contributed by atoms with Crippen LogP contribution in [0.25, 0.3) is 17.2 Å². The highest BCUT2D eigenvalue weighted by atomic mass is 16.7. The zero-order valence-electron chi connectivity index (χ0n) is 16.8. The Hall–Kier alpha value is -3.42. The van der Waals surface area contributed by atoms with Gasteiger partial charge in [0, 0.05) is 25.4 Å². The molecular weight excluding hydrogens is 370 g/mol. The molecule has 3 heterocycles. The number of fused-ring (bicyclic) bond motifs is 1. The van der Waals surface area contributed by atoms with Gasteiger partial charge in [-0.05, 0) is 37.6 Å². The summed E-state index contributed by atoms with van der Waals surface area (Å²) in [7, 11) is 1.81. The lowest BCUT2D eigenvalue weighted by Gasteiger charge is -2.16. The molecule has 8 nitrogen and oxygen atoms in total. The maximum atomic E-state index is 12.7. The van der Waals surface area contributed by atoms with Crippen LogP contribution in [-0.4, -0.2) is 50.9 Å². The second-order valence-electron chi connectivity index (χ2n) is 6.95. The maximum Gasteiger partial charge on any atom is 0.257 e. The van der Waals surface area contributed by atoms with Crippen LogP contribution in [0, 0.1) is 6.92 Å². The van der Waals surface area contributed by atoms with Gasteiger partial charge < -0.3 is 14.4 Å². The molecule has 1 amide bonds. The first-order valence-electron chi connectivity index (χ1n) is 9.62. The number of hydrogen-bond donors (Lipinski definition) is 0. The third-order valence-electron chi connectivity index (χ3n) is 4.93. The first kappa shape index (κ1) is 18.9. The first-order valence-corrected chi connectivity index (χ1v) is 9.62. The quantitative estimate of drug-likeness (QED) is 0.639. The average Bonchev–Trinajstić information content (AvgIpc) is 3.37. The van der Waals surface area contributed by atoms with Crippen LogP contribution in [0.2, 0.25) is 0 Å². The highest BCUT2D eigenvalue weighted by molar-refractivity contribution is 5.95. The molecule has 3 aromatic rings. The van der Waals surface area contributed by atoms with Gasteiger partial charge in [-0.1, -0.05) is 13.3 Å². The fraction of sp³-hybridized carbons (Fsp3) is 0.333. The third kappa shape index (κ3) is 3.65. The molecule has 29 heavy (non-hydrogen) atoms. The van der Waals surface area contributed by atoms with E-state index in [-0.39, 0.29) is 12.7 Å². The van der Waals surface area contributed by atoms with E-state index >= 15 is 0 Å². The van der Waals surface area contributed by atoms with Crippen LogP contribution in [0.5, 0.6) is 11.5 Å². The van der Waals surface area contributed by atoms with Crippen LogP contribution in [0.1, 0.15) is 35.8 Å². The summed E-state index contributed by atoms with van der Waals surface area (Å²) in [5.74, 6) is 1.78. The van der Waals surface area contributed by atoms with Crippen LogP contribution in [0.3, 0.4) is 0 Å². The Morgan fingerprint density at radius 1 is 1.24 bits per heavy atom. The molecule has 1 aliphatic heterocycles. The molecule has 0 bridgehead atoms. The summed E-state index contributed by atoms with van der Waals surface area (Å²) in [5.41, 5.74) is 2.89. The van der Waals surface area contributed by atoms with E-state index in [1.165, 1.54) is 0 Å². The van der Waals surface area contributed by atoms with Crippen molar-refractivity contribution in [2.45, 2.75) is 26.7 Å². The highest BCUT2D eigenvalue weighted by Gasteiger charge is 2.20. The van der Waals surface area contributed by atoms with Gasteiger partial charge in [-0.25, -0.2) is 14.6 Å². The molecule has 0 spiro atoms. The standard InChI is InChI=1S/C21H23N5O3/c1-4-5-10-25(3)20(27)16-12-23-26(14(16)2)21-22-9-8-17(24-21)15-6-7-18-19(11-15)29-13-28-18/h6-9,11-12H,4-5,10,13H2,1-3H3. The van der Waals surface area contributed by atoms with Gasteiger partial charge in [0.05, 0.1) is 23.1 Å². The molecule has 0 N–H and O–H groups in total. The number of nitrogens with zero attached hydrogens (tertiary/aromatic N) is 5. The van der Waals surface area contributed by atoms with Crippen molar-refractivity contribution in [3.63, 3.8) is 0 Å². The monoisotopic (exact) mass is 393 g/mol. The molecule has 0 unspecified atom stereocenters. The van der Waals surface area contributed by atoms with E-state index in [0.29, 0.717) is 23.0 Å². The lowest BCUT2D eigenvalue weighted by molar-refractivity contribution is 0.0792. The predicted octanol–water partition coefficient (Wildman–Crippen LogP) is 3.24. The van der Waals surface area contributed by atoms with Gasteiger partial charge in [0.15, 0.2) is 11.5 Å². The summed E-state index contributed by atoms with van der Waals surface area (Å²) in [6.07, 6.45) is 5.27. The van der Waals surface area contributed by atoms with Gasteiger partial charge >= 0.3 is 0 Å². The molecular formula is C21H23N5O3. The Morgan fingerprint density at radius 3 is 2.90 bits per heavy atom. The molecule has 0 radical (unpaired) electrons. The number of ether oxygens (including phenoxy) is 2. The largest absolute Gasteiger partial charge is 0.454 e. The summed E-state index contributed by atoms with van der Waals surface area (Å²) in [6.45, 7) is 4.90. The summed E-state index contributed by atoms with van der Waals surface area (Å²) >= 11 is 0. The fourth-order valence-electron chi connectivity index (χ4n) is 3.19. The number of aromatic nitrogens is 4. The summed E-state index contributed by atoms with van der Waals surface area (Å²) in [6, 6.07) is 7.50. The summed E-state index contributed by atoms with van der Waals surface area (Å²) in [4.78, 5) is 23.4. The number of unbranched alkanes of at least 4 members (excludes halogenated alkanes) is 1. The highest BCUT2D eigenvalue weighted by Crippen LogP contribution is 2.35. The van der Waals surface area contributed by atoms with Crippen molar-refractivity contribution in [1.29, 1.82) is 0 Å². The SMILES string of the molecule is CCCCN(C)C(=O)c1cnn(-c2nccc(-c3ccc4c(c3)OCO4)n2)c1C. The van der Waals surface area contributed by atoms with Gasteiger partial charge in [-0.2, -0.15) is 5.10 Å². The minimum absolute atomic E-state index is 0.0471. The van der Waals surface area contributed by atoms with E-state index in [1.54, 1.807) is 22.0 Å². The van der Waals surface area contributed by atoms with E-state index in [9.17, 15) is 4.79 Å². The normalized spacial score (nSPS) is 12.2. The Balaban J connectivity index is 1.62. The Labute approximate surface area is 169 Å². The molecule has 4 rings (SSSR count). The zero-order valence-corrected chi connectivity index (χ0v) is 16.8. The first-order chi connectivity index (χ1) is 14.1. The van der Waals surface area contributed by atoms with Gasteiger partial charge in [-0.3, -0.25) is 4.79 Å². The van der Waals surface area contributed by atoms with E-state index in [1.807, 2.05) is 38.2 Å². The topological polar surface area (TPSA) is 82.4 Å². The minimum Gasteiger partial charge on any atom is -0.454 e. The predicted molar refractivity (Wildman–Crippen MR) is 107 cm³/mol. The van der Waals surface area contributed by atoms with E-state index < -0.39 is 0 Å². The number of rotatable bonds is 6. The van der Waals surface area contributed by atoms with Crippen molar-refractivity contribution in [3.05, 3.63) is 47.9 Å².